The summed E-state index contributed by atoms with van der Waals surface area (Å²) in [5.74, 6) is 1.54. The fraction of sp³-hybridized carbons (Fsp3) is 0.714. The van der Waals surface area contributed by atoms with Gasteiger partial charge in [-0.05, 0) is 25.2 Å². The van der Waals surface area contributed by atoms with E-state index in [1.807, 2.05) is 0 Å². The average molecular weight is 125 g/mol. The Morgan fingerprint density at radius 2 is 2.11 bits per heavy atom. The molecular formula is C7H9O2. The summed E-state index contributed by atoms with van der Waals surface area (Å²) >= 11 is 0. The monoisotopic (exact) mass is 125 g/mol. The summed E-state index contributed by atoms with van der Waals surface area (Å²) in [5.41, 5.74) is -0.0237. The highest BCUT2D eigenvalue weighted by molar-refractivity contribution is 5.82. The molecule has 2 nitrogen and oxygen atoms in total. The van der Waals surface area contributed by atoms with Crippen LogP contribution < -0.4 is 0 Å². The van der Waals surface area contributed by atoms with Gasteiger partial charge in [0.2, 0.25) is 0 Å². The van der Waals surface area contributed by atoms with Gasteiger partial charge in [-0.25, -0.2) is 0 Å². The van der Waals surface area contributed by atoms with Crippen LogP contribution in [0.5, 0.6) is 0 Å². The van der Waals surface area contributed by atoms with Crippen molar-refractivity contribution in [1.82, 2.24) is 0 Å². The fourth-order valence-electron chi connectivity index (χ4n) is 1.71. The van der Waals surface area contributed by atoms with Gasteiger partial charge in [-0.1, -0.05) is 0 Å². The van der Waals surface area contributed by atoms with Gasteiger partial charge in [-0.3, -0.25) is 4.79 Å². The van der Waals surface area contributed by atoms with Crippen molar-refractivity contribution in [2.45, 2.75) is 19.3 Å². The van der Waals surface area contributed by atoms with Crippen LogP contribution in [0, 0.1) is 11.3 Å². The smallest absolute Gasteiger partial charge is 0.311 e. The normalized spacial score (nSPS) is 28.1. The molecule has 0 aromatic rings. The van der Waals surface area contributed by atoms with E-state index in [0.717, 1.165) is 19.3 Å². The van der Waals surface area contributed by atoms with E-state index in [9.17, 15) is 4.79 Å². The summed E-state index contributed by atoms with van der Waals surface area (Å²) in [6, 6.07) is 0. The average Bonchev–Trinajstić information content (AvgIpc) is 1.57. The van der Waals surface area contributed by atoms with Gasteiger partial charge in [-0.2, -0.15) is 0 Å². The molecule has 3 aliphatic carbocycles. The number of rotatable bonds is 1. The van der Waals surface area contributed by atoms with Gasteiger partial charge in [0.1, 0.15) is 0 Å². The first-order valence-electron chi connectivity index (χ1n) is 3.19. The van der Waals surface area contributed by atoms with Crippen LogP contribution in [-0.2, 0) is 9.53 Å². The number of hydrogen-bond acceptors (Lipinski definition) is 2. The molecule has 3 fully saturated rings. The van der Waals surface area contributed by atoms with Crippen molar-refractivity contribution in [3.8, 4) is 0 Å². The number of esters is 1. The van der Waals surface area contributed by atoms with Gasteiger partial charge in [0.25, 0.3) is 0 Å². The maximum absolute atomic E-state index is 10.9. The maximum atomic E-state index is 10.9. The van der Waals surface area contributed by atoms with Crippen LogP contribution >= 0.6 is 0 Å². The van der Waals surface area contributed by atoms with Crippen molar-refractivity contribution < 1.29 is 9.53 Å². The summed E-state index contributed by atoms with van der Waals surface area (Å²) in [7, 11) is 1.47. The lowest BCUT2D eigenvalue weighted by Gasteiger charge is -2.58. The molecule has 3 aliphatic rings. The van der Waals surface area contributed by atoms with Crippen LogP contribution in [0.4, 0.5) is 0 Å². The van der Waals surface area contributed by atoms with E-state index in [0.29, 0.717) is 0 Å². The van der Waals surface area contributed by atoms with Crippen molar-refractivity contribution in [1.29, 1.82) is 0 Å². The van der Waals surface area contributed by atoms with E-state index in [1.54, 1.807) is 5.92 Å². The summed E-state index contributed by atoms with van der Waals surface area (Å²) in [5, 5.41) is 0. The first-order chi connectivity index (χ1) is 4.27. The van der Waals surface area contributed by atoms with Gasteiger partial charge in [0.15, 0.2) is 0 Å². The molecule has 2 heteroatoms. The molecule has 1 radical (unpaired) electrons. The second-order valence-electron chi connectivity index (χ2n) is 3.05. The molecule has 0 N–H and O–H groups in total. The van der Waals surface area contributed by atoms with Crippen LogP contribution in [0.25, 0.3) is 0 Å². The zero-order valence-corrected chi connectivity index (χ0v) is 5.44. The zero-order chi connectivity index (χ0) is 6.48. The molecule has 0 aliphatic heterocycles. The standard InChI is InChI=1S/C7H9O2/c1-9-6(8)7-2-5(3-7)4-7/h2-4H2,1H3. The maximum Gasteiger partial charge on any atom is 0.311 e. The Morgan fingerprint density at radius 1 is 1.56 bits per heavy atom. The lowest BCUT2D eigenvalue weighted by Crippen LogP contribution is -2.55. The molecule has 9 heavy (non-hydrogen) atoms. The molecule has 0 atom stereocenters. The fourth-order valence-corrected chi connectivity index (χ4v) is 1.71. The highest BCUT2D eigenvalue weighted by Gasteiger charge is 2.62. The van der Waals surface area contributed by atoms with E-state index in [2.05, 4.69) is 4.74 Å². The Kier molecular flexibility index (Phi) is 0.765. The second-order valence-corrected chi connectivity index (χ2v) is 3.05. The Labute approximate surface area is 54.2 Å². The first kappa shape index (κ1) is 5.27. The van der Waals surface area contributed by atoms with Crippen molar-refractivity contribution in [3.63, 3.8) is 0 Å². The third kappa shape index (κ3) is 0.443. The van der Waals surface area contributed by atoms with Crippen molar-refractivity contribution in [2.24, 2.45) is 5.41 Å². The third-order valence-electron chi connectivity index (χ3n) is 2.38. The minimum Gasteiger partial charge on any atom is -0.469 e. The molecule has 2 bridgehead atoms. The number of methoxy groups -OCH3 is 1. The van der Waals surface area contributed by atoms with Crippen LogP contribution in [0.2, 0.25) is 0 Å². The highest BCUT2D eigenvalue weighted by atomic mass is 16.5. The predicted octanol–water partition coefficient (Wildman–Crippen LogP) is 0.918. The van der Waals surface area contributed by atoms with Crippen LogP contribution in [0.15, 0.2) is 0 Å². The van der Waals surface area contributed by atoms with Crippen molar-refractivity contribution in [2.75, 3.05) is 7.11 Å². The number of carbonyl (C=O) groups excluding carboxylic acids is 1. The van der Waals surface area contributed by atoms with Crippen LogP contribution in [-0.4, -0.2) is 13.1 Å². The van der Waals surface area contributed by atoms with E-state index in [-0.39, 0.29) is 11.4 Å². The molecule has 0 aromatic carbocycles. The van der Waals surface area contributed by atoms with Crippen LogP contribution in [0.1, 0.15) is 19.3 Å². The van der Waals surface area contributed by atoms with Gasteiger partial charge < -0.3 is 4.74 Å². The molecule has 0 aromatic heterocycles. The van der Waals surface area contributed by atoms with E-state index >= 15 is 0 Å². The van der Waals surface area contributed by atoms with Crippen LogP contribution in [0.3, 0.4) is 0 Å². The Morgan fingerprint density at radius 3 is 2.22 bits per heavy atom. The van der Waals surface area contributed by atoms with Gasteiger partial charge >= 0.3 is 5.97 Å². The topological polar surface area (TPSA) is 26.3 Å². The molecule has 0 unspecified atom stereocenters. The Bertz CT molecular complexity index is 145. The first-order valence-corrected chi connectivity index (χ1v) is 3.19. The van der Waals surface area contributed by atoms with Crippen molar-refractivity contribution in [3.05, 3.63) is 5.92 Å². The van der Waals surface area contributed by atoms with Gasteiger partial charge in [-0.15, -0.1) is 0 Å². The van der Waals surface area contributed by atoms with E-state index < -0.39 is 0 Å². The minimum atomic E-state index is -0.0237. The Hall–Kier alpha value is -0.530. The molecule has 3 rings (SSSR count). The molecule has 0 heterocycles. The highest BCUT2D eigenvalue weighted by Crippen LogP contribution is 2.66. The van der Waals surface area contributed by atoms with Gasteiger partial charge in [0, 0.05) is 0 Å². The predicted molar refractivity (Wildman–Crippen MR) is 31.5 cm³/mol. The second kappa shape index (κ2) is 1.31. The SMILES string of the molecule is COC(=O)C12C[C](C1)C2. The van der Waals surface area contributed by atoms with Gasteiger partial charge in [0.05, 0.1) is 12.5 Å². The summed E-state index contributed by atoms with van der Waals surface area (Å²) in [6.45, 7) is 0. The van der Waals surface area contributed by atoms with Crippen molar-refractivity contribution >= 4 is 5.97 Å². The molecule has 3 saturated carbocycles. The Balaban J connectivity index is 2.05. The molecule has 49 valence electrons. The minimum absolute atomic E-state index is 0.00231. The summed E-state index contributed by atoms with van der Waals surface area (Å²) < 4.78 is 4.64. The molecular weight excluding hydrogens is 116 g/mol. The lowest BCUT2D eigenvalue weighted by molar-refractivity contribution is -0.167. The molecule has 0 amide bonds. The zero-order valence-electron chi connectivity index (χ0n) is 5.44. The lowest BCUT2D eigenvalue weighted by atomic mass is 9.44. The summed E-state index contributed by atoms with van der Waals surface area (Å²) in [4.78, 5) is 10.9. The van der Waals surface area contributed by atoms with E-state index in [4.69, 9.17) is 0 Å². The quantitative estimate of drug-likeness (QED) is 0.487. The third-order valence-corrected chi connectivity index (χ3v) is 2.38. The summed E-state index contributed by atoms with van der Waals surface area (Å²) in [6.07, 6.45) is 3.04. The molecule has 0 saturated heterocycles. The number of carbonyl (C=O) groups is 1. The molecule has 0 spiro atoms. The number of ether oxygens (including phenoxy) is 1. The largest absolute Gasteiger partial charge is 0.469 e. The van der Waals surface area contributed by atoms with E-state index in [1.165, 1.54) is 7.11 Å². The number of hydrogen-bond donors (Lipinski definition) is 0.